The van der Waals surface area contributed by atoms with Crippen molar-refractivity contribution in [2.45, 2.75) is 11.3 Å². The molecule has 0 radical (unpaired) electrons. The Balaban J connectivity index is 3.07. The third-order valence-corrected chi connectivity index (χ3v) is 4.36. The summed E-state index contributed by atoms with van der Waals surface area (Å²) in [7, 11) is -3.55. The van der Waals surface area contributed by atoms with Crippen LogP contribution < -0.4 is 0 Å². The van der Waals surface area contributed by atoms with Gasteiger partial charge in [0.2, 0.25) is 10.0 Å². The molecule has 0 aliphatic rings. The molecule has 0 unspecified atom stereocenters. The van der Waals surface area contributed by atoms with Gasteiger partial charge in [0.15, 0.2) is 0 Å². The van der Waals surface area contributed by atoms with E-state index >= 15 is 0 Å². The zero-order chi connectivity index (χ0) is 14.3. The van der Waals surface area contributed by atoms with Gasteiger partial charge in [0.25, 0.3) is 0 Å². The Morgan fingerprint density at radius 1 is 1.16 bits per heavy atom. The molecule has 19 heavy (non-hydrogen) atoms. The number of hydrogen-bond acceptors (Lipinski definition) is 3. The van der Waals surface area contributed by atoms with E-state index in [9.17, 15) is 8.42 Å². The van der Waals surface area contributed by atoms with Gasteiger partial charge in [-0.15, -0.1) is 13.2 Å². The lowest BCUT2D eigenvalue weighted by Crippen LogP contribution is -2.31. The molecule has 0 aliphatic carbocycles. The van der Waals surface area contributed by atoms with Crippen molar-refractivity contribution in [3.63, 3.8) is 0 Å². The number of nitriles is 1. The van der Waals surface area contributed by atoms with Crippen molar-refractivity contribution in [3.05, 3.63) is 55.1 Å². The van der Waals surface area contributed by atoms with Crippen molar-refractivity contribution >= 4 is 10.0 Å². The first-order valence-electron chi connectivity index (χ1n) is 5.74. The largest absolute Gasteiger partial charge is 0.243 e. The number of benzene rings is 1. The van der Waals surface area contributed by atoms with E-state index in [1.165, 1.54) is 28.6 Å². The molecule has 0 N–H and O–H groups in total. The molecule has 0 bridgehead atoms. The zero-order valence-electron chi connectivity index (χ0n) is 10.6. The van der Waals surface area contributed by atoms with Gasteiger partial charge < -0.3 is 0 Å². The van der Waals surface area contributed by atoms with E-state index in [2.05, 4.69) is 13.2 Å². The maximum Gasteiger partial charge on any atom is 0.243 e. The maximum absolute atomic E-state index is 12.3. The molecule has 0 amide bonds. The van der Waals surface area contributed by atoms with Gasteiger partial charge in [0.05, 0.1) is 17.4 Å². The Hall–Kier alpha value is -1.90. The summed E-state index contributed by atoms with van der Waals surface area (Å²) in [6.07, 6.45) is 3.33. The van der Waals surface area contributed by atoms with Crippen LogP contribution in [0.15, 0.2) is 54.5 Å². The first-order chi connectivity index (χ1) is 9.06. The molecule has 0 aromatic heterocycles. The van der Waals surface area contributed by atoms with Gasteiger partial charge in [-0.05, 0) is 17.7 Å². The topological polar surface area (TPSA) is 61.2 Å². The monoisotopic (exact) mass is 276 g/mol. The molecule has 0 atom stereocenters. The second-order valence-corrected chi connectivity index (χ2v) is 5.82. The molecule has 100 valence electrons. The van der Waals surface area contributed by atoms with E-state index in [4.69, 9.17) is 5.26 Å². The van der Waals surface area contributed by atoms with E-state index in [-0.39, 0.29) is 24.4 Å². The Bertz CT molecular complexity index is 573. The van der Waals surface area contributed by atoms with Crippen LogP contribution in [0.5, 0.6) is 0 Å². The van der Waals surface area contributed by atoms with Crippen LogP contribution in [0.25, 0.3) is 0 Å². The molecule has 0 saturated heterocycles. The van der Waals surface area contributed by atoms with E-state index in [1.54, 1.807) is 12.1 Å². The fourth-order valence-electron chi connectivity index (χ4n) is 1.58. The lowest BCUT2D eigenvalue weighted by atomic mass is 10.2. The normalized spacial score (nSPS) is 10.9. The molecule has 0 spiro atoms. The van der Waals surface area contributed by atoms with Crippen molar-refractivity contribution < 1.29 is 8.42 Å². The standard InChI is InChI=1S/C14H16N2O2S/c1-3-11-16(12-4-2)19(17,18)14-7-5-13(6-8-14)9-10-15/h3-8H,1-2,9,11-12H2. The summed E-state index contributed by atoms with van der Waals surface area (Å²) in [6.45, 7) is 7.56. The predicted octanol–water partition coefficient (Wildman–Crippen LogP) is 2.12. The predicted molar refractivity (Wildman–Crippen MR) is 74.9 cm³/mol. The van der Waals surface area contributed by atoms with Crippen LogP contribution >= 0.6 is 0 Å². The van der Waals surface area contributed by atoms with Gasteiger partial charge in [0.1, 0.15) is 0 Å². The van der Waals surface area contributed by atoms with E-state index in [1.807, 2.05) is 6.07 Å². The molecule has 0 aliphatic heterocycles. The smallest absolute Gasteiger partial charge is 0.207 e. The average Bonchev–Trinajstić information content (AvgIpc) is 2.39. The second-order valence-electron chi connectivity index (χ2n) is 3.88. The number of sulfonamides is 1. The Kier molecular flexibility index (Phi) is 5.49. The minimum atomic E-state index is -3.55. The Morgan fingerprint density at radius 3 is 2.11 bits per heavy atom. The molecule has 5 heteroatoms. The molecule has 1 rings (SSSR count). The van der Waals surface area contributed by atoms with Gasteiger partial charge in [-0.25, -0.2) is 8.42 Å². The van der Waals surface area contributed by atoms with Crippen molar-refractivity contribution in [1.29, 1.82) is 5.26 Å². The molecule has 0 saturated carbocycles. The van der Waals surface area contributed by atoms with Crippen LogP contribution in [0.1, 0.15) is 5.56 Å². The summed E-state index contributed by atoms with van der Waals surface area (Å²) in [6, 6.07) is 8.35. The number of hydrogen-bond donors (Lipinski definition) is 0. The molecule has 4 nitrogen and oxygen atoms in total. The van der Waals surface area contributed by atoms with Gasteiger partial charge in [-0.3, -0.25) is 0 Å². The maximum atomic E-state index is 12.3. The van der Waals surface area contributed by atoms with E-state index in [0.29, 0.717) is 0 Å². The van der Waals surface area contributed by atoms with Crippen LogP contribution in [0.4, 0.5) is 0 Å². The fraction of sp³-hybridized carbons (Fsp3) is 0.214. The zero-order valence-corrected chi connectivity index (χ0v) is 11.4. The fourth-order valence-corrected chi connectivity index (χ4v) is 2.96. The van der Waals surface area contributed by atoms with E-state index < -0.39 is 10.0 Å². The molecule has 1 aromatic carbocycles. The summed E-state index contributed by atoms with van der Waals surface area (Å²) in [5.41, 5.74) is 0.792. The minimum Gasteiger partial charge on any atom is -0.207 e. The Morgan fingerprint density at radius 2 is 1.68 bits per heavy atom. The van der Waals surface area contributed by atoms with Crippen LogP contribution in [0, 0.1) is 11.3 Å². The van der Waals surface area contributed by atoms with Crippen molar-refractivity contribution in [1.82, 2.24) is 4.31 Å². The number of nitrogens with zero attached hydrogens (tertiary/aromatic N) is 2. The van der Waals surface area contributed by atoms with Gasteiger partial charge >= 0.3 is 0 Å². The number of rotatable bonds is 7. The first kappa shape index (κ1) is 15.2. The molecule has 1 aromatic rings. The second kappa shape index (κ2) is 6.88. The van der Waals surface area contributed by atoms with Crippen LogP contribution in [0.3, 0.4) is 0 Å². The van der Waals surface area contributed by atoms with Crippen LogP contribution in [-0.4, -0.2) is 25.8 Å². The molecular formula is C14H16N2O2S. The van der Waals surface area contributed by atoms with Crippen LogP contribution in [0.2, 0.25) is 0 Å². The summed E-state index contributed by atoms with van der Waals surface area (Å²) in [5.74, 6) is 0. The molecule has 0 fully saturated rings. The van der Waals surface area contributed by atoms with Gasteiger partial charge in [-0.1, -0.05) is 24.3 Å². The third-order valence-electron chi connectivity index (χ3n) is 2.51. The Labute approximate surface area is 114 Å². The minimum absolute atomic E-state index is 0.206. The average molecular weight is 276 g/mol. The third kappa shape index (κ3) is 3.78. The van der Waals surface area contributed by atoms with Gasteiger partial charge in [-0.2, -0.15) is 9.57 Å². The van der Waals surface area contributed by atoms with Crippen molar-refractivity contribution in [2.24, 2.45) is 0 Å². The molecule has 0 heterocycles. The van der Waals surface area contributed by atoms with Crippen molar-refractivity contribution in [3.8, 4) is 6.07 Å². The highest BCUT2D eigenvalue weighted by atomic mass is 32.2. The molecular weight excluding hydrogens is 260 g/mol. The summed E-state index contributed by atoms with van der Waals surface area (Å²) < 4.78 is 26.0. The summed E-state index contributed by atoms with van der Waals surface area (Å²) in [5, 5.41) is 8.58. The summed E-state index contributed by atoms with van der Waals surface area (Å²) >= 11 is 0. The highest BCUT2D eigenvalue weighted by Crippen LogP contribution is 2.16. The lowest BCUT2D eigenvalue weighted by molar-refractivity contribution is 0.474. The van der Waals surface area contributed by atoms with Gasteiger partial charge in [0, 0.05) is 13.1 Å². The van der Waals surface area contributed by atoms with E-state index in [0.717, 1.165) is 5.56 Å². The SMILES string of the molecule is C=CCN(CC=C)S(=O)(=O)c1ccc(CC#N)cc1. The summed E-state index contributed by atoms with van der Waals surface area (Å²) in [4.78, 5) is 0.206. The van der Waals surface area contributed by atoms with Crippen LogP contribution in [-0.2, 0) is 16.4 Å². The quantitative estimate of drug-likeness (QED) is 0.717. The van der Waals surface area contributed by atoms with Crippen molar-refractivity contribution in [2.75, 3.05) is 13.1 Å². The first-order valence-corrected chi connectivity index (χ1v) is 7.18. The highest BCUT2D eigenvalue weighted by Gasteiger charge is 2.21. The highest BCUT2D eigenvalue weighted by molar-refractivity contribution is 7.89. The lowest BCUT2D eigenvalue weighted by Gasteiger charge is -2.19.